The summed E-state index contributed by atoms with van der Waals surface area (Å²) in [5.74, 6) is 0.373. The largest absolute Gasteiger partial charge is 0.497 e. The Kier molecular flexibility index (Phi) is 4.95. The Labute approximate surface area is 131 Å². The van der Waals surface area contributed by atoms with Gasteiger partial charge in [-0.3, -0.25) is 14.9 Å². The van der Waals surface area contributed by atoms with Crippen LogP contribution in [-0.4, -0.2) is 17.9 Å². The SMILES string of the molecule is COc1cccc(CC(=O)Nc2ccc(Cl)c([N+](=O)[O-])c2)c1. The number of halogens is 1. The summed E-state index contributed by atoms with van der Waals surface area (Å²) in [5.41, 5.74) is 0.852. The van der Waals surface area contributed by atoms with Gasteiger partial charge in [0.25, 0.3) is 5.69 Å². The molecular formula is C15H13ClN2O4. The van der Waals surface area contributed by atoms with Crippen molar-refractivity contribution >= 4 is 28.9 Å². The zero-order valence-electron chi connectivity index (χ0n) is 11.7. The van der Waals surface area contributed by atoms with Crippen LogP contribution in [-0.2, 0) is 11.2 Å². The number of benzene rings is 2. The van der Waals surface area contributed by atoms with Crippen LogP contribution < -0.4 is 10.1 Å². The molecule has 0 heterocycles. The first-order chi connectivity index (χ1) is 10.5. The third-order valence-electron chi connectivity index (χ3n) is 2.93. The molecule has 114 valence electrons. The summed E-state index contributed by atoms with van der Waals surface area (Å²) >= 11 is 5.72. The molecule has 0 spiro atoms. The van der Waals surface area contributed by atoms with E-state index < -0.39 is 4.92 Å². The number of nitro benzene ring substituents is 1. The number of nitro groups is 1. The quantitative estimate of drug-likeness (QED) is 0.676. The summed E-state index contributed by atoms with van der Waals surface area (Å²) in [4.78, 5) is 22.2. The molecule has 1 amide bonds. The molecule has 0 saturated carbocycles. The lowest BCUT2D eigenvalue weighted by molar-refractivity contribution is -0.384. The topological polar surface area (TPSA) is 81.5 Å². The van der Waals surface area contributed by atoms with E-state index in [1.807, 2.05) is 0 Å². The van der Waals surface area contributed by atoms with Gasteiger partial charge < -0.3 is 10.1 Å². The fourth-order valence-corrected chi connectivity index (χ4v) is 2.09. The second-order valence-corrected chi connectivity index (χ2v) is 4.91. The molecule has 0 atom stereocenters. The molecule has 0 aliphatic carbocycles. The first-order valence-electron chi connectivity index (χ1n) is 6.36. The number of rotatable bonds is 5. The maximum atomic E-state index is 12.0. The van der Waals surface area contributed by atoms with E-state index in [-0.39, 0.29) is 23.0 Å². The van der Waals surface area contributed by atoms with Crippen LogP contribution in [0, 0.1) is 10.1 Å². The van der Waals surface area contributed by atoms with E-state index in [2.05, 4.69) is 5.32 Å². The van der Waals surface area contributed by atoms with Crippen molar-refractivity contribution in [2.24, 2.45) is 0 Å². The Morgan fingerprint density at radius 3 is 2.77 bits per heavy atom. The van der Waals surface area contributed by atoms with Crippen LogP contribution in [0.15, 0.2) is 42.5 Å². The highest BCUT2D eigenvalue weighted by Gasteiger charge is 2.14. The van der Waals surface area contributed by atoms with Gasteiger partial charge in [-0.1, -0.05) is 23.7 Å². The second-order valence-electron chi connectivity index (χ2n) is 4.50. The number of amides is 1. The number of nitrogens with zero attached hydrogens (tertiary/aromatic N) is 1. The molecule has 0 radical (unpaired) electrons. The Morgan fingerprint density at radius 2 is 2.09 bits per heavy atom. The van der Waals surface area contributed by atoms with Crippen LogP contribution in [0.1, 0.15) is 5.56 Å². The molecule has 22 heavy (non-hydrogen) atoms. The third-order valence-corrected chi connectivity index (χ3v) is 3.25. The van der Waals surface area contributed by atoms with Gasteiger partial charge in [0.1, 0.15) is 10.8 Å². The number of hydrogen-bond acceptors (Lipinski definition) is 4. The summed E-state index contributed by atoms with van der Waals surface area (Å²) in [5, 5.41) is 13.4. The zero-order valence-corrected chi connectivity index (χ0v) is 12.5. The Hall–Kier alpha value is -2.60. The molecule has 0 bridgehead atoms. The number of hydrogen-bond donors (Lipinski definition) is 1. The molecule has 0 unspecified atom stereocenters. The number of carbonyl (C=O) groups is 1. The molecule has 0 fully saturated rings. The number of nitrogens with one attached hydrogen (secondary N) is 1. The minimum Gasteiger partial charge on any atom is -0.497 e. The van der Waals surface area contributed by atoms with Crippen molar-refractivity contribution < 1.29 is 14.5 Å². The fourth-order valence-electron chi connectivity index (χ4n) is 1.90. The molecule has 2 aromatic carbocycles. The van der Waals surface area contributed by atoms with Crippen molar-refractivity contribution in [3.8, 4) is 5.75 Å². The van der Waals surface area contributed by atoms with Gasteiger partial charge in [0.15, 0.2) is 0 Å². The highest BCUT2D eigenvalue weighted by molar-refractivity contribution is 6.32. The predicted molar refractivity (Wildman–Crippen MR) is 83.4 cm³/mol. The second kappa shape index (κ2) is 6.91. The molecule has 1 N–H and O–H groups in total. The lowest BCUT2D eigenvalue weighted by atomic mass is 10.1. The molecule has 6 nitrogen and oxygen atoms in total. The predicted octanol–water partition coefficient (Wildman–Crippen LogP) is 3.44. The van der Waals surface area contributed by atoms with Crippen molar-refractivity contribution in [3.05, 3.63) is 63.2 Å². The van der Waals surface area contributed by atoms with Gasteiger partial charge in [0.05, 0.1) is 18.5 Å². The minimum absolute atomic E-state index is 0.0239. The van der Waals surface area contributed by atoms with Crippen LogP contribution >= 0.6 is 11.6 Å². The van der Waals surface area contributed by atoms with E-state index in [9.17, 15) is 14.9 Å². The van der Waals surface area contributed by atoms with Gasteiger partial charge in [-0.2, -0.15) is 0 Å². The normalized spacial score (nSPS) is 10.1. The minimum atomic E-state index is -0.597. The highest BCUT2D eigenvalue weighted by atomic mass is 35.5. The van der Waals surface area contributed by atoms with E-state index in [1.165, 1.54) is 18.2 Å². The number of anilines is 1. The first kappa shape index (κ1) is 15.8. The summed E-state index contributed by atoms with van der Waals surface area (Å²) < 4.78 is 5.09. The summed E-state index contributed by atoms with van der Waals surface area (Å²) in [6.45, 7) is 0. The maximum Gasteiger partial charge on any atom is 0.289 e. The molecule has 2 aromatic rings. The van der Waals surface area contributed by atoms with Gasteiger partial charge in [-0.05, 0) is 29.8 Å². The van der Waals surface area contributed by atoms with Crippen LogP contribution in [0.3, 0.4) is 0 Å². The number of methoxy groups -OCH3 is 1. The van der Waals surface area contributed by atoms with Crippen molar-refractivity contribution in [1.29, 1.82) is 0 Å². The molecular weight excluding hydrogens is 308 g/mol. The van der Waals surface area contributed by atoms with Crippen LogP contribution in [0.2, 0.25) is 5.02 Å². The number of ether oxygens (including phenoxy) is 1. The van der Waals surface area contributed by atoms with Crippen LogP contribution in [0.4, 0.5) is 11.4 Å². The first-order valence-corrected chi connectivity index (χ1v) is 6.74. The van der Waals surface area contributed by atoms with Gasteiger partial charge in [0.2, 0.25) is 5.91 Å². The van der Waals surface area contributed by atoms with Gasteiger partial charge in [0, 0.05) is 11.8 Å². The Balaban J connectivity index is 2.08. The van der Waals surface area contributed by atoms with E-state index >= 15 is 0 Å². The average Bonchev–Trinajstić information content (AvgIpc) is 2.49. The molecule has 7 heteroatoms. The average molecular weight is 321 g/mol. The Bertz CT molecular complexity index is 718. The fraction of sp³-hybridized carbons (Fsp3) is 0.133. The molecule has 0 aromatic heterocycles. The summed E-state index contributed by atoms with van der Waals surface area (Å²) in [6, 6.07) is 11.2. The van der Waals surface area contributed by atoms with E-state index in [4.69, 9.17) is 16.3 Å². The van der Waals surface area contributed by atoms with Crippen molar-refractivity contribution in [1.82, 2.24) is 0 Å². The van der Waals surface area contributed by atoms with Gasteiger partial charge in [-0.25, -0.2) is 0 Å². The van der Waals surface area contributed by atoms with Crippen molar-refractivity contribution in [2.75, 3.05) is 12.4 Å². The summed E-state index contributed by atoms with van der Waals surface area (Å²) in [6.07, 6.45) is 0.133. The third kappa shape index (κ3) is 3.95. The van der Waals surface area contributed by atoms with E-state index in [0.717, 1.165) is 5.56 Å². The van der Waals surface area contributed by atoms with Gasteiger partial charge in [-0.15, -0.1) is 0 Å². The standard InChI is InChI=1S/C15H13ClN2O4/c1-22-12-4-2-3-10(7-12)8-15(19)17-11-5-6-13(16)14(9-11)18(20)21/h2-7,9H,8H2,1H3,(H,17,19). The molecule has 0 aliphatic rings. The smallest absolute Gasteiger partial charge is 0.289 e. The highest BCUT2D eigenvalue weighted by Crippen LogP contribution is 2.27. The van der Waals surface area contributed by atoms with Crippen LogP contribution in [0.5, 0.6) is 5.75 Å². The molecule has 2 rings (SSSR count). The van der Waals surface area contributed by atoms with Crippen molar-refractivity contribution in [2.45, 2.75) is 6.42 Å². The monoisotopic (exact) mass is 320 g/mol. The van der Waals surface area contributed by atoms with E-state index in [1.54, 1.807) is 31.4 Å². The molecule has 0 saturated heterocycles. The van der Waals surface area contributed by atoms with Gasteiger partial charge >= 0.3 is 0 Å². The van der Waals surface area contributed by atoms with Crippen molar-refractivity contribution in [3.63, 3.8) is 0 Å². The number of carbonyl (C=O) groups excluding carboxylic acids is 1. The lowest BCUT2D eigenvalue weighted by Gasteiger charge is -2.07. The van der Waals surface area contributed by atoms with Crippen LogP contribution in [0.25, 0.3) is 0 Å². The van der Waals surface area contributed by atoms with E-state index in [0.29, 0.717) is 11.4 Å². The zero-order chi connectivity index (χ0) is 16.1. The molecule has 0 aliphatic heterocycles. The Morgan fingerprint density at radius 1 is 1.32 bits per heavy atom. The lowest BCUT2D eigenvalue weighted by Crippen LogP contribution is -2.14. The summed E-state index contributed by atoms with van der Waals surface area (Å²) in [7, 11) is 1.55. The maximum absolute atomic E-state index is 12.0.